The molecule has 1 atom stereocenters. The van der Waals surface area contributed by atoms with Crippen LogP contribution in [0, 0.1) is 10.7 Å². The second kappa shape index (κ2) is 6.04. The van der Waals surface area contributed by atoms with Crippen LogP contribution in [0.15, 0.2) is 28.0 Å². The number of hydrogen-bond donors (Lipinski definition) is 2. The molecule has 1 aromatic carbocycles. The van der Waals surface area contributed by atoms with Crippen LogP contribution in [-0.2, 0) is 24.6 Å². The van der Waals surface area contributed by atoms with Gasteiger partial charge in [0, 0.05) is 26.3 Å². The average Bonchev–Trinajstić information content (AvgIpc) is 2.50. The average molecular weight is 360 g/mol. The summed E-state index contributed by atoms with van der Waals surface area (Å²) in [5, 5.41) is 0. The summed E-state index contributed by atoms with van der Waals surface area (Å²) in [6, 6.07) is 4.02. The molecule has 1 fully saturated rings. The van der Waals surface area contributed by atoms with Gasteiger partial charge in [-0.05, 0) is 37.0 Å². The molecule has 0 aromatic heterocycles. The second-order valence-corrected chi connectivity index (χ2v) is 9.61. The fourth-order valence-electron chi connectivity index (χ4n) is 3.08. The van der Waals surface area contributed by atoms with E-state index < -0.39 is 19.8 Å². The van der Waals surface area contributed by atoms with E-state index in [0.717, 1.165) is 32.6 Å². The number of hydrogen-bond acceptors (Lipinski definition) is 6. The van der Waals surface area contributed by atoms with E-state index in [0.29, 0.717) is 18.2 Å². The molecule has 2 heterocycles. The van der Waals surface area contributed by atoms with Crippen LogP contribution in [-0.4, -0.2) is 49.2 Å². The van der Waals surface area contributed by atoms with Gasteiger partial charge in [-0.25, -0.2) is 8.99 Å². The Labute approximate surface area is 136 Å². The van der Waals surface area contributed by atoms with Crippen molar-refractivity contribution in [3.8, 4) is 0 Å². The Morgan fingerprint density at radius 3 is 2.70 bits per heavy atom. The molecule has 2 aliphatic heterocycles. The van der Waals surface area contributed by atoms with Crippen LogP contribution in [0.3, 0.4) is 0 Å². The summed E-state index contributed by atoms with van der Waals surface area (Å²) in [5.74, 6) is 0.635. The molecule has 23 heavy (non-hydrogen) atoms. The highest BCUT2D eigenvalue weighted by atomic mass is 32.2. The minimum Gasteiger partial charge on any atom is -0.381 e. The zero-order valence-electron chi connectivity index (χ0n) is 12.6. The molecule has 1 aromatic rings. The minimum absolute atomic E-state index is 0.165. The highest BCUT2D eigenvalue weighted by Crippen LogP contribution is 2.34. The highest BCUT2D eigenvalue weighted by molar-refractivity contribution is 7.92. The number of benzene rings is 1. The molecule has 1 saturated heterocycles. The van der Waals surface area contributed by atoms with Gasteiger partial charge in [-0.1, -0.05) is 0 Å². The SMILES string of the molecule is N=S1(=O)CCN(CC2CCOCC2)c2ccc(S(=O)(=O)O)cc21. The Hall–Kier alpha value is -1.16. The molecule has 2 aliphatic rings. The summed E-state index contributed by atoms with van der Waals surface area (Å²) in [4.78, 5) is 1.95. The summed E-state index contributed by atoms with van der Waals surface area (Å²) in [6.45, 7) is 2.76. The van der Waals surface area contributed by atoms with E-state index in [1.165, 1.54) is 12.1 Å². The Morgan fingerprint density at radius 2 is 2.04 bits per heavy atom. The molecule has 0 spiro atoms. The van der Waals surface area contributed by atoms with Crippen LogP contribution in [0.1, 0.15) is 12.8 Å². The summed E-state index contributed by atoms with van der Waals surface area (Å²) in [7, 11) is -7.42. The third-order valence-electron chi connectivity index (χ3n) is 4.39. The predicted octanol–water partition coefficient (Wildman–Crippen LogP) is 1.59. The molecule has 128 valence electrons. The van der Waals surface area contributed by atoms with Gasteiger partial charge in [-0.15, -0.1) is 0 Å². The van der Waals surface area contributed by atoms with Gasteiger partial charge in [0.15, 0.2) is 0 Å². The fourth-order valence-corrected chi connectivity index (χ4v) is 5.21. The van der Waals surface area contributed by atoms with E-state index in [-0.39, 0.29) is 15.5 Å². The molecule has 7 nitrogen and oxygen atoms in total. The van der Waals surface area contributed by atoms with E-state index in [1.807, 2.05) is 0 Å². The molecule has 0 saturated carbocycles. The third-order valence-corrected chi connectivity index (χ3v) is 7.04. The van der Waals surface area contributed by atoms with Crippen LogP contribution in [0.2, 0.25) is 0 Å². The first-order chi connectivity index (χ1) is 10.8. The molecule has 0 aliphatic carbocycles. The van der Waals surface area contributed by atoms with Crippen molar-refractivity contribution in [2.75, 3.05) is 37.0 Å². The topological polar surface area (TPSA) is 108 Å². The minimum atomic E-state index is -4.38. The maximum absolute atomic E-state index is 12.5. The van der Waals surface area contributed by atoms with Crippen LogP contribution in [0.25, 0.3) is 0 Å². The van der Waals surface area contributed by atoms with Crippen molar-refractivity contribution in [1.82, 2.24) is 0 Å². The first-order valence-electron chi connectivity index (χ1n) is 7.48. The molecule has 0 amide bonds. The van der Waals surface area contributed by atoms with E-state index in [4.69, 9.17) is 9.52 Å². The van der Waals surface area contributed by atoms with E-state index in [2.05, 4.69) is 4.90 Å². The van der Waals surface area contributed by atoms with Crippen molar-refractivity contribution in [2.45, 2.75) is 22.6 Å². The Kier molecular flexibility index (Phi) is 4.39. The maximum Gasteiger partial charge on any atom is 0.294 e. The summed E-state index contributed by atoms with van der Waals surface area (Å²) in [6.07, 6.45) is 1.93. The fraction of sp³-hybridized carbons (Fsp3) is 0.571. The smallest absolute Gasteiger partial charge is 0.294 e. The lowest BCUT2D eigenvalue weighted by Gasteiger charge is -2.36. The van der Waals surface area contributed by atoms with E-state index in [9.17, 15) is 17.2 Å². The molecule has 0 radical (unpaired) electrons. The van der Waals surface area contributed by atoms with Crippen molar-refractivity contribution in [2.24, 2.45) is 5.92 Å². The number of nitrogens with one attached hydrogen (secondary N) is 1. The van der Waals surface area contributed by atoms with Gasteiger partial charge in [-0.2, -0.15) is 8.42 Å². The van der Waals surface area contributed by atoms with Crippen molar-refractivity contribution in [3.63, 3.8) is 0 Å². The van der Waals surface area contributed by atoms with Crippen LogP contribution >= 0.6 is 0 Å². The maximum atomic E-state index is 12.5. The third kappa shape index (κ3) is 3.52. The first-order valence-corrected chi connectivity index (χ1v) is 10.6. The van der Waals surface area contributed by atoms with Crippen LogP contribution < -0.4 is 4.90 Å². The van der Waals surface area contributed by atoms with E-state index in [1.54, 1.807) is 6.07 Å². The van der Waals surface area contributed by atoms with Crippen molar-refractivity contribution in [3.05, 3.63) is 18.2 Å². The normalized spacial score (nSPS) is 26.0. The lowest BCUT2D eigenvalue weighted by atomic mass is 9.99. The van der Waals surface area contributed by atoms with Gasteiger partial charge < -0.3 is 9.64 Å². The molecular weight excluding hydrogens is 340 g/mol. The van der Waals surface area contributed by atoms with Crippen LogP contribution in [0.5, 0.6) is 0 Å². The summed E-state index contributed by atoms with van der Waals surface area (Å²) >= 11 is 0. The lowest BCUT2D eigenvalue weighted by molar-refractivity contribution is 0.0682. The van der Waals surface area contributed by atoms with Crippen molar-refractivity contribution < 1.29 is 21.9 Å². The number of fused-ring (bicyclic) bond motifs is 1. The largest absolute Gasteiger partial charge is 0.381 e. The number of anilines is 1. The molecule has 0 bridgehead atoms. The standard InChI is InChI=1S/C14H20N2O5S2/c15-22(17)8-5-16(10-11-3-6-21-7-4-11)13-2-1-12(9-14(13)22)23(18,19)20/h1-2,9,11,15H,3-8,10H2,(H,18,19,20). The molecule has 1 unspecified atom stereocenters. The first kappa shape index (κ1) is 16.7. The Bertz CT molecular complexity index is 798. The van der Waals surface area contributed by atoms with Gasteiger partial charge >= 0.3 is 0 Å². The Morgan fingerprint density at radius 1 is 1.35 bits per heavy atom. The van der Waals surface area contributed by atoms with Gasteiger partial charge in [0.1, 0.15) is 0 Å². The van der Waals surface area contributed by atoms with Crippen LogP contribution in [0.4, 0.5) is 5.69 Å². The van der Waals surface area contributed by atoms with Crippen molar-refractivity contribution in [1.29, 1.82) is 4.78 Å². The van der Waals surface area contributed by atoms with Gasteiger partial charge in [0.05, 0.1) is 31.0 Å². The predicted molar refractivity (Wildman–Crippen MR) is 86.0 cm³/mol. The zero-order chi connectivity index (χ0) is 16.7. The van der Waals surface area contributed by atoms with Gasteiger partial charge in [0.25, 0.3) is 10.1 Å². The Balaban J connectivity index is 1.96. The number of rotatable bonds is 3. The van der Waals surface area contributed by atoms with Gasteiger partial charge in [-0.3, -0.25) is 4.55 Å². The van der Waals surface area contributed by atoms with E-state index >= 15 is 0 Å². The monoisotopic (exact) mass is 360 g/mol. The molecule has 2 N–H and O–H groups in total. The molecule has 9 heteroatoms. The quantitative estimate of drug-likeness (QED) is 0.793. The van der Waals surface area contributed by atoms with Gasteiger partial charge in [0.2, 0.25) is 0 Å². The molecular formula is C14H20N2O5S2. The lowest BCUT2D eigenvalue weighted by Crippen LogP contribution is -2.39. The highest BCUT2D eigenvalue weighted by Gasteiger charge is 2.29. The number of ether oxygens (including phenoxy) is 1. The van der Waals surface area contributed by atoms with Crippen molar-refractivity contribution >= 4 is 25.5 Å². The summed E-state index contributed by atoms with van der Waals surface area (Å²) in [5.41, 5.74) is 0.634. The number of nitrogens with zero attached hydrogens (tertiary/aromatic N) is 1. The zero-order valence-corrected chi connectivity index (χ0v) is 14.2. The molecule has 3 rings (SSSR count). The summed E-state index contributed by atoms with van der Waals surface area (Å²) < 4.78 is 57.7. The second-order valence-electron chi connectivity index (χ2n) is 5.99.